The number of halogens is 6. The molecule has 4 saturated heterocycles. The molecule has 4 aliphatic heterocycles. The number of hydrogen-bond donors (Lipinski definition) is 2. The van der Waals surface area contributed by atoms with E-state index in [0.29, 0.717) is 12.1 Å². The fourth-order valence-electron chi connectivity index (χ4n) is 7.44. The smallest absolute Gasteiger partial charge is 0.431 e. The average molecular weight is 665 g/mol. The number of phenols is 1. The Morgan fingerprint density at radius 2 is 1.89 bits per heavy atom. The van der Waals surface area contributed by atoms with Crippen LogP contribution in [0.5, 0.6) is 11.8 Å². The summed E-state index contributed by atoms with van der Waals surface area (Å²) in [7, 11) is 0. The predicted molar refractivity (Wildman–Crippen MR) is 160 cm³/mol. The minimum atomic E-state index is -5.27. The highest BCUT2D eigenvalue weighted by Crippen LogP contribution is 2.42. The molecular formula is C32H30F6N6O3. The highest BCUT2D eigenvalue weighted by atomic mass is 19.4. The van der Waals surface area contributed by atoms with Gasteiger partial charge in [0.25, 0.3) is 5.56 Å². The summed E-state index contributed by atoms with van der Waals surface area (Å²) in [5.41, 5.74) is -6.41. The molecule has 2 N–H and O–H groups in total. The van der Waals surface area contributed by atoms with Crippen molar-refractivity contribution in [1.29, 1.82) is 0 Å². The zero-order valence-corrected chi connectivity index (χ0v) is 24.5. The predicted octanol–water partition coefficient (Wildman–Crippen LogP) is 4.83. The molecule has 0 saturated carbocycles. The van der Waals surface area contributed by atoms with Crippen LogP contribution in [0.25, 0.3) is 27.4 Å². The summed E-state index contributed by atoms with van der Waals surface area (Å²) in [4.78, 5) is 25.6. The van der Waals surface area contributed by atoms with Crippen LogP contribution in [0.4, 0.5) is 32.2 Å². The maximum absolute atomic E-state index is 15.3. The minimum absolute atomic E-state index is 0.0696. The Kier molecular flexibility index (Phi) is 5.90. The zero-order valence-electron chi connectivity index (χ0n) is 28.5. The Labute approximate surface area is 269 Å². The van der Waals surface area contributed by atoms with E-state index in [1.165, 1.54) is 0 Å². The summed E-state index contributed by atoms with van der Waals surface area (Å²) in [5, 5.41) is 12.5. The van der Waals surface area contributed by atoms with Crippen molar-refractivity contribution in [3.05, 3.63) is 58.0 Å². The Morgan fingerprint density at radius 1 is 1.13 bits per heavy atom. The molecule has 0 aliphatic carbocycles. The van der Waals surface area contributed by atoms with E-state index in [4.69, 9.17) is 10.2 Å². The number of piperazine rings is 1. The van der Waals surface area contributed by atoms with Gasteiger partial charge in [0.05, 0.1) is 19.4 Å². The second-order valence-electron chi connectivity index (χ2n) is 12.5. The molecule has 0 amide bonds. The molecule has 2 bridgehead atoms. The van der Waals surface area contributed by atoms with E-state index in [1.54, 1.807) is 4.90 Å². The van der Waals surface area contributed by atoms with Gasteiger partial charge in [-0.05, 0) is 55.8 Å². The van der Waals surface area contributed by atoms with E-state index >= 15 is 4.39 Å². The van der Waals surface area contributed by atoms with Crippen LogP contribution in [0, 0.1) is 11.6 Å². The molecule has 0 spiro atoms. The fraction of sp³-hybridized carbons (Fsp3) is 0.469. The topological polar surface area (TPSA) is 95.8 Å². The lowest BCUT2D eigenvalue weighted by molar-refractivity contribution is -0.142. The number of nitrogens with zero attached hydrogens (tertiary/aromatic N) is 5. The SMILES string of the molecule is [2H]C1([2H])CC[C@@]2(C([2H])([2H])Oc3nc(N4C[C@H]5CC[C@@H](C4)N5)c4cc(C(F)(F)F)n(-c5cc(O)cc6ccc(F)c(F)c56)c(=O)c4n3)C[C@@H](F)CN12. The first-order chi connectivity index (χ1) is 23.9. The molecule has 6 heterocycles. The molecule has 8 rings (SSSR count). The van der Waals surface area contributed by atoms with Crippen molar-refractivity contribution in [2.24, 2.45) is 0 Å². The number of alkyl halides is 4. The van der Waals surface area contributed by atoms with Crippen molar-refractivity contribution in [2.45, 2.75) is 62.1 Å². The largest absolute Gasteiger partial charge is 0.508 e. The van der Waals surface area contributed by atoms with Crippen LogP contribution in [0.1, 0.15) is 43.3 Å². The maximum atomic E-state index is 15.3. The van der Waals surface area contributed by atoms with E-state index in [9.17, 15) is 31.9 Å². The third kappa shape index (κ3) is 4.96. The van der Waals surface area contributed by atoms with Crippen molar-refractivity contribution >= 4 is 27.5 Å². The highest BCUT2D eigenvalue weighted by molar-refractivity contribution is 5.94. The van der Waals surface area contributed by atoms with Gasteiger partial charge in [-0.2, -0.15) is 23.1 Å². The Bertz CT molecular complexity index is 2160. The van der Waals surface area contributed by atoms with Gasteiger partial charge >= 0.3 is 12.2 Å². The van der Waals surface area contributed by atoms with Crippen LogP contribution in [-0.4, -0.2) is 81.0 Å². The molecule has 0 radical (unpaired) electrons. The molecule has 0 unspecified atom stereocenters. The summed E-state index contributed by atoms with van der Waals surface area (Å²) in [6, 6.07) is 3.10. The molecule has 4 aliphatic rings. The highest BCUT2D eigenvalue weighted by Gasteiger charge is 2.49. The second-order valence-corrected chi connectivity index (χ2v) is 12.5. The number of hydrogen-bond acceptors (Lipinski definition) is 8. The number of pyridine rings is 1. The molecule has 47 heavy (non-hydrogen) atoms. The summed E-state index contributed by atoms with van der Waals surface area (Å²) < 4.78 is 130. The molecule has 2 aromatic carbocycles. The van der Waals surface area contributed by atoms with Crippen molar-refractivity contribution in [1.82, 2.24) is 24.8 Å². The molecule has 4 aromatic rings. The van der Waals surface area contributed by atoms with Crippen molar-refractivity contribution < 1.29 is 41.7 Å². The lowest BCUT2D eigenvalue weighted by Crippen LogP contribution is -2.51. The zero-order chi connectivity index (χ0) is 36.4. The number of aromatic nitrogens is 3. The first kappa shape index (κ1) is 25.9. The summed E-state index contributed by atoms with van der Waals surface area (Å²) in [6.07, 6.45) is -6.02. The molecule has 2 aromatic heterocycles. The molecule has 15 heteroatoms. The van der Waals surface area contributed by atoms with Gasteiger partial charge in [0.1, 0.15) is 35.5 Å². The lowest BCUT2D eigenvalue weighted by atomic mass is 9.95. The number of rotatable bonds is 5. The van der Waals surface area contributed by atoms with E-state index in [-0.39, 0.29) is 59.2 Å². The monoisotopic (exact) mass is 664 g/mol. The van der Waals surface area contributed by atoms with Crippen molar-refractivity contribution in [3.8, 4) is 17.4 Å². The Hall–Kier alpha value is -4.11. The molecule has 9 nitrogen and oxygen atoms in total. The number of anilines is 1. The summed E-state index contributed by atoms with van der Waals surface area (Å²) in [6.45, 7) is -4.82. The third-order valence-electron chi connectivity index (χ3n) is 9.48. The van der Waals surface area contributed by atoms with Gasteiger partial charge in [-0.1, -0.05) is 6.07 Å². The van der Waals surface area contributed by atoms with Crippen LogP contribution in [0.15, 0.2) is 35.1 Å². The fourth-order valence-corrected chi connectivity index (χ4v) is 7.44. The molecular weight excluding hydrogens is 630 g/mol. The van der Waals surface area contributed by atoms with Crippen LogP contribution in [-0.2, 0) is 6.18 Å². The first-order valence-electron chi connectivity index (χ1n) is 17.2. The lowest BCUT2D eigenvalue weighted by Gasteiger charge is -2.34. The number of benzene rings is 2. The first-order valence-corrected chi connectivity index (χ1v) is 15.2. The number of ether oxygens (including phenoxy) is 1. The van der Waals surface area contributed by atoms with Gasteiger partial charge in [0.15, 0.2) is 11.6 Å². The van der Waals surface area contributed by atoms with E-state index < -0.39 is 95.1 Å². The van der Waals surface area contributed by atoms with Gasteiger partial charge in [-0.3, -0.25) is 14.3 Å². The number of aromatic hydroxyl groups is 1. The third-order valence-corrected chi connectivity index (χ3v) is 9.48. The quantitative estimate of drug-likeness (QED) is 0.293. The summed E-state index contributed by atoms with van der Waals surface area (Å²) >= 11 is 0. The van der Waals surface area contributed by atoms with Crippen LogP contribution in [0.3, 0.4) is 0 Å². The van der Waals surface area contributed by atoms with E-state index in [1.807, 2.05) is 0 Å². The molecule has 248 valence electrons. The molecule has 4 fully saturated rings. The van der Waals surface area contributed by atoms with Crippen molar-refractivity contribution in [2.75, 3.05) is 37.6 Å². The summed E-state index contributed by atoms with van der Waals surface area (Å²) in [5.74, 6) is -3.81. The Morgan fingerprint density at radius 3 is 2.64 bits per heavy atom. The maximum Gasteiger partial charge on any atom is 0.431 e. The number of fused-ring (bicyclic) bond motifs is 5. The van der Waals surface area contributed by atoms with Gasteiger partial charge in [-0.25, -0.2) is 13.2 Å². The standard InChI is InChI=1S/C32H30F6N6O3/c33-17-11-31(6-1-7-43(31)12-17)15-47-30-40-27-21(28(41-30)42-13-18-3-4-19(14-42)39-18)10-24(32(36,37)38)44(29(27)46)23-9-20(45)8-16-2-5-22(34)26(35)25(16)23/h2,5,8-10,17-19,39,45H,1,3-4,6-7,11-15H2/t17-,18-,19+,31+/m1/s1/i7D2,15D2. The average Bonchev–Trinajstić information content (AvgIpc) is 3.67. The van der Waals surface area contributed by atoms with Gasteiger partial charge in [0.2, 0.25) is 0 Å². The van der Waals surface area contributed by atoms with Gasteiger partial charge in [0, 0.05) is 52.3 Å². The van der Waals surface area contributed by atoms with Gasteiger partial charge in [-0.15, -0.1) is 0 Å². The normalized spacial score (nSPS) is 28.7. The van der Waals surface area contributed by atoms with Gasteiger partial charge < -0.3 is 20.1 Å². The van der Waals surface area contributed by atoms with Crippen LogP contribution < -0.4 is 20.5 Å². The number of phenolic OH excluding ortho intramolecular Hbond substituents is 1. The van der Waals surface area contributed by atoms with E-state index in [2.05, 4.69) is 15.3 Å². The number of nitrogens with one attached hydrogen (secondary N) is 1. The van der Waals surface area contributed by atoms with Crippen LogP contribution in [0.2, 0.25) is 0 Å². The van der Waals surface area contributed by atoms with Crippen LogP contribution >= 0.6 is 0 Å². The van der Waals surface area contributed by atoms with E-state index in [0.717, 1.165) is 35.9 Å². The molecule has 4 atom stereocenters. The van der Waals surface area contributed by atoms with Crippen molar-refractivity contribution in [3.63, 3.8) is 0 Å². The Balaban J connectivity index is 1.38. The second kappa shape index (κ2) is 10.7. The minimum Gasteiger partial charge on any atom is -0.508 e.